The number of nitro groups is 3. The van der Waals surface area contributed by atoms with E-state index in [9.17, 15) is 66.2 Å². The molecule has 0 fully saturated rings. The minimum absolute atomic E-state index is 0.0775. The molecular formula is C17H11F6N4O11P. The zero-order valence-electron chi connectivity index (χ0n) is 18.7. The number of phosphoric acid groups is 1. The van der Waals surface area contributed by atoms with Gasteiger partial charge in [-0.3, -0.25) is 43.9 Å². The van der Waals surface area contributed by atoms with E-state index in [2.05, 4.69) is 18.7 Å². The van der Waals surface area contributed by atoms with Gasteiger partial charge >= 0.3 is 20.2 Å². The molecule has 0 heterocycles. The second-order valence-corrected chi connectivity index (χ2v) is 8.79. The maximum absolute atomic E-state index is 13.5. The van der Waals surface area contributed by atoms with Gasteiger partial charge < -0.3 is 0 Å². The van der Waals surface area contributed by atoms with Gasteiger partial charge in [-0.15, -0.1) is 4.91 Å². The van der Waals surface area contributed by atoms with E-state index in [0.717, 1.165) is 0 Å². The van der Waals surface area contributed by atoms with Gasteiger partial charge in [0.15, 0.2) is 0 Å². The van der Waals surface area contributed by atoms with Gasteiger partial charge in [0, 0.05) is 19.2 Å². The molecular weight excluding hydrogens is 581 g/mol. The van der Waals surface area contributed by atoms with Crippen molar-refractivity contribution in [1.82, 2.24) is 0 Å². The molecule has 39 heavy (non-hydrogen) atoms. The maximum atomic E-state index is 13.5. The van der Waals surface area contributed by atoms with Crippen LogP contribution in [-0.4, -0.2) is 21.9 Å². The van der Waals surface area contributed by atoms with Crippen LogP contribution in [0, 0.1) is 35.3 Å². The van der Waals surface area contributed by atoms with Gasteiger partial charge in [0.25, 0.3) is 17.1 Å². The number of halogens is 6. The molecule has 1 unspecified atom stereocenters. The second kappa shape index (κ2) is 11.4. The first-order valence-electron chi connectivity index (χ1n) is 9.54. The summed E-state index contributed by atoms with van der Waals surface area (Å²) in [5.74, 6) is 0. The average Bonchev–Trinajstić information content (AvgIpc) is 2.83. The van der Waals surface area contributed by atoms with Gasteiger partial charge in [-0.25, -0.2) is 4.57 Å². The summed E-state index contributed by atoms with van der Waals surface area (Å²) >= 11 is 0. The minimum atomic E-state index is -5.44. The van der Waals surface area contributed by atoms with Crippen LogP contribution in [0.3, 0.4) is 0 Å². The summed E-state index contributed by atoms with van der Waals surface area (Å²) in [7, 11) is -4.67. The topological polar surface area (TPSA) is 204 Å². The van der Waals surface area contributed by atoms with Crippen LogP contribution in [0.5, 0.6) is 0 Å². The number of non-ortho nitro benzene ring substituents is 1. The zero-order chi connectivity index (χ0) is 29.9. The van der Waals surface area contributed by atoms with Gasteiger partial charge in [0.1, 0.15) is 5.69 Å². The Labute approximate surface area is 210 Å². The lowest BCUT2D eigenvalue weighted by atomic mass is 10.0. The monoisotopic (exact) mass is 592 g/mol. The molecule has 2 aromatic carbocycles. The average molecular weight is 592 g/mol. The van der Waals surface area contributed by atoms with Crippen LogP contribution in [0.25, 0.3) is 0 Å². The summed E-state index contributed by atoms with van der Waals surface area (Å²) in [6.45, 7) is -3.21. The Morgan fingerprint density at radius 2 is 1.23 bits per heavy atom. The van der Waals surface area contributed by atoms with E-state index < -0.39 is 93.2 Å². The largest absolute Gasteiger partial charge is 0.475 e. The molecule has 22 heteroatoms. The molecule has 212 valence electrons. The van der Waals surface area contributed by atoms with Crippen LogP contribution >= 0.6 is 7.82 Å². The number of nitroso groups, excluding NO2 is 1. The highest BCUT2D eigenvalue weighted by molar-refractivity contribution is 7.48. The number of alkyl halides is 6. The summed E-state index contributed by atoms with van der Waals surface area (Å²) < 4.78 is 107. The van der Waals surface area contributed by atoms with Gasteiger partial charge in [0.05, 0.1) is 56.3 Å². The van der Waals surface area contributed by atoms with Crippen LogP contribution < -0.4 is 0 Å². The second-order valence-electron chi connectivity index (χ2n) is 7.02. The SMILES string of the molecule is COP(=O)(OCc1c([N+](=O)[O-])cc(N=O)cc1C(F)(F)F)OCc1c([N+](=O)[O-])cc([N+](=O)[O-])cc1C(F)(F)F. The lowest BCUT2D eigenvalue weighted by Crippen LogP contribution is -2.14. The third-order valence-electron chi connectivity index (χ3n) is 4.70. The molecule has 0 spiro atoms. The Bertz CT molecular complexity index is 1380. The van der Waals surface area contributed by atoms with E-state index in [4.69, 9.17) is 0 Å². The molecule has 0 aromatic heterocycles. The van der Waals surface area contributed by atoms with Crippen molar-refractivity contribution in [2.75, 3.05) is 7.11 Å². The molecule has 0 bridgehead atoms. The molecule has 0 saturated heterocycles. The van der Waals surface area contributed by atoms with Crippen LogP contribution in [0.4, 0.5) is 49.1 Å². The van der Waals surface area contributed by atoms with Crippen molar-refractivity contribution in [2.45, 2.75) is 25.6 Å². The fourth-order valence-corrected chi connectivity index (χ4v) is 3.87. The van der Waals surface area contributed by atoms with Crippen molar-refractivity contribution in [2.24, 2.45) is 5.18 Å². The maximum Gasteiger partial charge on any atom is 0.475 e. The first-order valence-corrected chi connectivity index (χ1v) is 11.0. The van der Waals surface area contributed by atoms with E-state index in [0.29, 0.717) is 13.2 Å². The smallest absolute Gasteiger partial charge is 0.290 e. The molecule has 0 saturated carbocycles. The Morgan fingerprint density at radius 1 is 0.795 bits per heavy atom. The summed E-state index contributed by atoms with van der Waals surface area (Å²) in [6.07, 6.45) is -10.8. The van der Waals surface area contributed by atoms with Crippen molar-refractivity contribution < 1.29 is 59.2 Å². The molecule has 0 N–H and O–H groups in total. The number of nitro benzene ring substituents is 3. The number of rotatable bonds is 11. The zero-order valence-corrected chi connectivity index (χ0v) is 19.6. The normalized spacial score (nSPS) is 13.5. The van der Waals surface area contributed by atoms with E-state index in [1.165, 1.54) is 0 Å². The molecule has 0 aliphatic carbocycles. The van der Waals surface area contributed by atoms with Crippen molar-refractivity contribution in [3.63, 3.8) is 0 Å². The van der Waals surface area contributed by atoms with Crippen LogP contribution in [0.2, 0.25) is 0 Å². The lowest BCUT2D eigenvalue weighted by molar-refractivity contribution is -0.395. The van der Waals surface area contributed by atoms with Crippen molar-refractivity contribution in [1.29, 1.82) is 0 Å². The number of benzene rings is 2. The summed E-state index contributed by atoms with van der Waals surface area (Å²) in [5, 5.41) is 35.7. The number of hydrogen-bond donors (Lipinski definition) is 0. The molecule has 0 amide bonds. The lowest BCUT2D eigenvalue weighted by Gasteiger charge is -2.19. The van der Waals surface area contributed by atoms with Gasteiger partial charge in [-0.2, -0.15) is 26.3 Å². The first kappa shape index (κ1) is 31.1. The molecule has 0 aliphatic rings. The number of phosphoric ester groups is 1. The van der Waals surface area contributed by atoms with Crippen LogP contribution in [0.15, 0.2) is 29.4 Å². The molecule has 2 rings (SSSR count). The quantitative estimate of drug-likeness (QED) is 0.0926. The van der Waals surface area contributed by atoms with E-state index in [-0.39, 0.29) is 18.2 Å². The summed E-state index contributed by atoms with van der Waals surface area (Å²) in [6, 6.07) is 0.502. The standard InChI is InChI=1S/C17H11F6N4O11P/c1-36-39(35,37-6-10-12(16(18,19)20)2-8(24-28)3-14(10)26(31)32)38-7-11-13(17(21,22)23)4-9(25(29)30)5-15(11)27(33)34/h2-5H,6-7H2,1H3. The van der Waals surface area contributed by atoms with Gasteiger partial charge in [0.2, 0.25) is 0 Å². The molecule has 2 aromatic rings. The van der Waals surface area contributed by atoms with E-state index in [1.54, 1.807) is 0 Å². The third-order valence-corrected chi connectivity index (χ3v) is 6.04. The molecule has 0 aliphatic heterocycles. The van der Waals surface area contributed by atoms with Crippen LogP contribution in [0.1, 0.15) is 22.3 Å². The van der Waals surface area contributed by atoms with E-state index >= 15 is 0 Å². The molecule has 1 atom stereocenters. The summed E-state index contributed by atoms with van der Waals surface area (Å²) in [5.41, 5.74) is -11.7. The fourth-order valence-electron chi connectivity index (χ4n) is 3.01. The fraction of sp³-hybridized carbons (Fsp3) is 0.294. The van der Waals surface area contributed by atoms with Crippen molar-refractivity contribution in [3.8, 4) is 0 Å². The Kier molecular flexibility index (Phi) is 9.07. The number of hydrogen-bond acceptors (Lipinski definition) is 12. The first-order chi connectivity index (χ1) is 17.8. The highest BCUT2D eigenvalue weighted by atomic mass is 31.2. The van der Waals surface area contributed by atoms with Crippen LogP contribution in [-0.2, 0) is 43.7 Å². The Balaban J connectivity index is 2.52. The highest BCUT2D eigenvalue weighted by Gasteiger charge is 2.42. The Morgan fingerprint density at radius 3 is 1.59 bits per heavy atom. The summed E-state index contributed by atoms with van der Waals surface area (Å²) in [4.78, 5) is 40.0. The van der Waals surface area contributed by atoms with Crippen molar-refractivity contribution in [3.05, 3.63) is 81.8 Å². The molecule has 0 radical (unpaired) electrons. The third kappa shape index (κ3) is 7.28. The number of nitrogens with zero attached hydrogens (tertiary/aromatic N) is 4. The Hall–Kier alpha value is -4.07. The molecule has 15 nitrogen and oxygen atoms in total. The predicted molar refractivity (Wildman–Crippen MR) is 112 cm³/mol. The van der Waals surface area contributed by atoms with E-state index in [1.807, 2.05) is 0 Å². The van der Waals surface area contributed by atoms with Gasteiger partial charge in [-0.05, 0) is 11.2 Å². The minimum Gasteiger partial charge on any atom is -0.290 e. The predicted octanol–water partition coefficient (Wildman–Crippen LogP) is 6.33. The van der Waals surface area contributed by atoms with Gasteiger partial charge in [-0.1, -0.05) is 0 Å². The van der Waals surface area contributed by atoms with Crippen molar-refractivity contribution >= 4 is 30.6 Å². The highest BCUT2D eigenvalue weighted by Crippen LogP contribution is 2.52.